The van der Waals surface area contributed by atoms with E-state index < -0.39 is 12.2 Å². The highest BCUT2D eigenvalue weighted by Crippen LogP contribution is 2.39. The van der Waals surface area contributed by atoms with Crippen LogP contribution in [-0.4, -0.2) is 58.8 Å². The molecule has 1 aliphatic carbocycles. The number of nitrogens with zero attached hydrogens (tertiary/aromatic N) is 4. The lowest BCUT2D eigenvalue weighted by Gasteiger charge is -2.32. The Bertz CT molecular complexity index is 1050. The molecule has 11 heteroatoms. The zero-order chi connectivity index (χ0) is 25.3. The highest BCUT2D eigenvalue weighted by atomic mass is 32.1. The fourth-order valence-electron chi connectivity index (χ4n) is 5.79. The third kappa shape index (κ3) is 6.04. The number of aromatic nitrogens is 2. The van der Waals surface area contributed by atoms with Crippen LogP contribution in [0.4, 0.5) is 18.3 Å². The number of carbonyl (C=O) groups is 1. The molecule has 36 heavy (non-hydrogen) atoms. The maximum Gasteiger partial charge on any atom is 0.408 e. The van der Waals surface area contributed by atoms with Gasteiger partial charge in [-0.25, -0.2) is 4.98 Å². The summed E-state index contributed by atoms with van der Waals surface area (Å²) in [5.74, 6) is 1.22. The lowest BCUT2D eigenvalue weighted by atomic mass is 9.84. The maximum atomic E-state index is 13.4. The highest BCUT2D eigenvalue weighted by molar-refractivity contribution is 7.15. The maximum absolute atomic E-state index is 13.4. The minimum atomic E-state index is -4.20. The van der Waals surface area contributed by atoms with Crippen molar-refractivity contribution in [3.63, 3.8) is 0 Å². The Morgan fingerprint density at radius 1 is 1.22 bits per heavy atom. The summed E-state index contributed by atoms with van der Waals surface area (Å²) >= 11 is 1.45. The van der Waals surface area contributed by atoms with E-state index in [9.17, 15) is 18.0 Å². The summed E-state index contributed by atoms with van der Waals surface area (Å²) in [6, 6.07) is 0.611. The average molecular weight is 526 g/mol. The molecule has 1 saturated carbocycles. The third-order valence-corrected chi connectivity index (χ3v) is 8.94. The van der Waals surface area contributed by atoms with E-state index >= 15 is 0 Å². The molecular weight excluding hydrogens is 491 g/mol. The SMILES string of the molecule is Cc1cc(CC(=O)N[C@H]2CC[C@H](CCN3CCc4sc(N5CCC[C@H]5C(F)(F)F)nc4C3)CC2)on1. The number of thiazole rings is 1. The molecule has 1 atom stereocenters. The Morgan fingerprint density at radius 2 is 2.03 bits per heavy atom. The molecule has 2 fully saturated rings. The standard InChI is InChI=1S/C25H34F3N5O2S/c1-16-13-19(35-31-16)14-23(34)29-18-6-4-17(5-7-18)8-11-32-12-9-21-20(15-32)30-24(36-21)33-10-2-3-22(33)25(26,27)28/h13,17-18,22H,2-12,14-15H2,1H3,(H,29,34)/t17-,18-,22-/m0/s1. The second-order valence-corrected chi connectivity index (χ2v) is 11.5. The van der Waals surface area contributed by atoms with Crippen molar-refractivity contribution in [1.29, 1.82) is 0 Å². The molecule has 4 heterocycles. The molecular formula is C25H34F3N5O2S. The number of hydrogen-bond acceptors (Lipinski definition) is 7. The molecule has 0 spiro atoms. The lowest BCUT2D eigenvalue weighted by Crippen LogP contribution is -2.41. The van der Waals surface area contributed by atoms with E-state index in [1.165, 1.54) is 16.2 Å². The summed E-state index contributed by atoms with van der Waals surface area (Å²) < 4.78 is 45.3. The minimum absolute atomic E-state index is 0.0168. The van der Waals surface area contributed by atoms with Gasteiger partial charge in [-0.2, -0.15) is 13.2 Å². The molecule has 5 rings (SSSR count). The van der Waals surface area contributed by atoms with Gasteiger partial charge >= 0.3 is 6.18 Å². The van der Waals surface area contributed by atoms with Crippen molar-refractivity contribution >= 4 is 22.4 Å². The number of hydrogen-bond donors (Lipinski definition) is 1. The number of alkyl halides is 3. The van der Waals surface area contributed by atoms with Crippen molar-refractivity contribution in [3.05, 3.63) is 28.1 Å². The van der Waals surface area contributed by atoms with Gasteiger partial charge in [0.05, 0.1) is 17.8 Å². The highest BCUT2D eigenvalue weighted by Gasteiger charge is 2.47. The summed E-state index contributed by atoms with van der Waals surface area (Å²) in [6.07, 6.45) is 2.88. The Labute approximate surface area is 213 Å². The molecule has 1 saturated heterocycles. The van der Waals surface area contributed by atoms with E-state index in [4.69, 9.17) is 4.52 Å². The van der Waals surface area contributed by atoms with Crippen LogP contribution < -0.4 is 10.2 Å². The average Bonchev–Trinajstić information content (AvgIpc) is 3.57. The first-order valence-electron chi connectivity index (χ1n) is 13.0. The molecule has 2 aliphatic heterocycles. The van der Waals surface area contributed by atoms with Crippen molar-refractivity contribution in [3.8, 4) is 0 Å². The smallest absolute Gasteiger partial charge is 0.361 e. The molecule has 7 nitrogen and oxygen atoms in total. The summed E-state index contributed by atoms with van der Waals surface area (Å²) in [6.45, 7) is 4.91. The Kier molecular flexibility index (Phi) is 7.57. The van der Waals surface area contributed by atoms with Crippen molar-refractivity contribution in [1.82, 2.24) is 20.4 Å². The summed E-state index contributed by atoms with van der Waals surface area (Å²) in [4.78, 5) is 22.0. The first kappa shape index (κ1) is 25.5. The second kappa shape index (κ2) is 10.7. The fraction of sp³-hybridized carbons (Fsp3) is 0.720. The molecule has 2 aromatic heterocycles. The van der Waals surface area contributed by atoms with Crippen molar-refractivity contribution in [2.45, 2.75) is 89.5 Å². The molecule has 0 bridgehead atoms. The number of nitrogens with one attached hydrogen (secondary N) is 1. The minimum Gasteiger partial charge on any atom is -0.361 e. The summed E-state index contributed by atoms with van der Waals surface area (Å²) in [5.41, 5.74) is 1.74. The molecule has 1 amide bonds. The topological polar surface area (TPSA) is 74.5 Å². The number of fused-ring (bicyclic) bond motifs is 1. The van der Waals surface area contributed by atoms with Gasteiger partial charge in [-0.3, -0.25) is 9.69 Å². The van der Waals surface area contributed by atoms with Crippen LogP contribution >= 0.6 is 11.3 Å². The Morgan fingerprint density at radius 3 is 2.75 bits per heavy atom. The van der Waals surface area contributed by atoms with Gasteiger partial charge in [0.15, 0.2) is 5.13 Å². The Hall–Kier alpha value is -2.14. The number of anilines is 1. The van der Waals surface area contributed by atoms with Crippen LogP contribution in [0.2, 0.25) is 0 Å². The monoisotopic (exact) mass is 525 g/mol. The normalized spacial score (nSPS) is 25.2. The van der Waals surface area contributed by atoms with Gasteiger partial charge in [-0.1, -0.05) is 5.16 Å². The molecule has 0 unspecified atom stereocenters. The van der Waals surface area contributed by atoms with Crippen LogP contribution in [0.25, 0.3) is 0 Å². The van der Waals surface area contributed by atoms with Crippen LogP contribution in [0.3, 0.4) is 0 Å². The number of rotatable bonds is 7. The number of aryl methyl sites for hydroxylation is 1. The second-order valence-electron chi connectivity index (χ2n) is 10.5. The van der Waals surface area contributed by atoms with E-state index in [0.717, 1.165) is 74.4 Å². The first-order chi connectivity index (χ1) is 17.2. The molecule has 2 aromatic rings. The molecule has 1 N–H and O–H groups in total. The van der Waals surface area contributed by atoms with Gasteiger partial charge in [-0.15, -0.1) is 11.3 Å². The van der Waals surface area contributed by atoms with Gasteiger partial charge < -0.3 is 14.7 Å². The van der Waals surface area contributed by atoms with E-state index in [1.807, 2.05) is 6.92 Å². The molecule has 0 aromatic carbocycles. The van der Waals surface area contributed by atoms with Gasteiger partial charge in [0, 0.05) is 36.6 Å². The van der Waals surface area contributed by atoms with Gasteiger partial charge in [0.2, 0.25) is 5.91 Å². The number of carbonyl (C=O) groups excluding carboxylic acids is 1. The van der Waals surface area contributed by atoms with Crippen molar-refractivity contribution < 1.29 is 22.5 Å². The van der Waals surface area contributed by atoms with Crippen LogP contribution in [0, 0.1) is 12.8 Å². The van der Waals surface area contributed by atoms with Crippen molar-refractivity contribution in [2.24, 2.45) is 5.92 Å². The van der Waals surface area contributed by atoms with Crippen molar-refractivity contribution in [2.75, 3.05) is 24.5 Å². The predicted octanol–water partition coefficient (Wildman–Crippen LogP) is 4.64. The van der Waals surface area contributed by atoms with E-state index in [2.05, 4.69) is 20.4 Å². The number of amides is 1. The van der Waals surface area contributed by atoms with Crippen LogP contribution in [0.15, 0.2) is 10.6 Å². The largest absolute Gasteiger partial charge is 0.408 e. The van der Waals surface area contributed by atoms with Gasteiger partial charge in [-0.05, 0) is 70.8 Å². The zero-order valence-corrected chi connectivity index (χ0v) is 21.5. The van der Waals surface area contributed by atoms with Gasteiger partial charge in [0.25, 0.3) is 0 Å². The third-order valence-electron chi connectivity index (χ3n) is 7.75. The molecule has 0 radical (unpaired) electrons. The molecule has 198 valence electrons. The van der Waals surface area contributed by atoms with E-state index in [1.54, 1.807) is 6.07 Å². The van der Waals surface area contributed by atoms with E-state index in [0.29, 0.717) is 29.8 Å². The van der Waals surface area contributed by atoms with Crippen LogP contribution in [-0.2, 0) is 24.2 Å². The zero-order valence-electron chi connectivity index (χ0n) is 20.6. The van der Waals surface area contributed by atoms with Crippen LogP contribution in [0.1, 0.15) is 67.0 Å². The fourth-order valence-corrected chi connectivity index (χ4v) is 6.92. The molecule has 3 aliphatic rings. The number of halogens is 3. The summed E-state index contributed by atoms with van der Waals surface area (Å²) in [5, 5.41) is 7.50. The lowest BCUT2D eigenvalue weighted by molar-refractivity contribution is -0.146. The quantitative estimate of drug-likeness (QED) is 0.568. The predicted molar refractivity (Wildman–Crippen MR) is 131 cm³/mol. The van der Waals surface area contributed by atoms with Crippen LogP contribution in [0.5, 0.6) is 0 Å². The van der Waals surface area contributed by atoms with E-state index in [-0.39, 0.29) is 24.8 Å². The summed E-state index contributed by atoms with van der Waals surface area (Å²) in [7, 11) is 0. The Balaban J connectivity index is 1.05. The van der Waals surface area contributed by atoms with Gasteiger partial charge in [0.1, 0.15) is 11.8 Å². The first-order valence-corrected chi connectivity index (χ1v) is 13.8.